The lowest BCUT2D eigenvalue weighted by atomic mass is 10.1. The minimum Gasteiger partial charge on any atom is -0.349 e. The van der Waals surface area contributed by atoms with Crippen molar-refractivity contribution in [2.24, 2.45) is 0 Å². The Kier molecular flexibility index (Phi) is 5.77. The summed E-state index contributed by atoms with van der Waals surface area (Å²) in [5.41, 5.74) is 1.63. The molecule has 0 radical (unpaired) electrons. The zero-order valence-electron chi connectivity index (χ0n) is 14.4. The van der Waals surface area contributed by atoms with E-state index in [1.54, 1.807) is 13.8 Å². The van der Waals surface area contributed by atoms with Crippen LogP contribution < -0.4 is 5.32 Å². The van der Waals surface area contributed by atoms with Gasteiger partial charge in [0, 0.05) is 28.9 Å². The standard InChI is InChI=1S/C18H20F3N3O/c1-4-16-23-11(2)15(12(3)24-16)9-17(25)22-10-18(20,21)13-5-7-14(19)8-6-13/h5-8H,4,9-10H2,1-3H3,(H,22,25). The molecule has 4 nitrogen and oxygen atoms in total. The lowest BCUT2D eigenvalue weighted by molar-refractivity contribution is -0.122. The second kappa shape index (κ2) is 7.63. The molecule has 2 rings (SSSR count). The van der Waals surface area contributed by atoms with E-state index in [1.165, 1.54) is 0 Å². The highest BCUT2D eigenvalue weighted by Gasteiger charge is 2.32. The van der Waals surface area contributed by atoms with Gasteiger partial charge >= 0.3 is 0 Å². The van der Waals surface area contributed by atoms with Crippen LogP contribution in [-0.2, 0) is 23.6 Å². The monoisotopic (exact) mass is 351 g/mol. The van der Waals surface area contributed by atoms with E-state index in [2.05, 4.69) is 15.3 Å². The highest BCUT2D eigenvalue weighted by atomic mass is 19.3. The second-order valence-electron chi connectivity index (χ2n) is 5.81. The van der Waals surface area contributed by atoms with Crippen LogP contribution in [0, 0.1) is 19.7 Å². The molecule has 134 valence electrons. The molecule has 1 N–H and O–H groups in total. The molecule has 7 heteroatoms. The predicted molar refractivity (Wildman–Crippen MR) is 87.9 cm³/mol. The smallest absolute Gasteiger partial charge is 0.290 e. The second-order valence-corrected chi connectivity index (χ2v) is 5.81. The van der Waals surface area contributed by atoms with Gasteiger partial charge in [-0.2, -0.15) is 8.78 Å². The van der Waals surface area contributed by atoms with Gasteiger partial charge in [0.15, 0.2) is 0 Å². The minimum atomic E-state index is -3.28. The van der Waals surface area contributed by atoms with Gasteiger partial charge in [0.2, 0.25) is 5.91 Å². The average Bonchev–Trinajstić information content (AvgIpc) is 2.56. The molecule has 0 atom stereocenters. The van der Waals surface area contributed by atoms with Crippen molar-refractivity contribution < 1.29 is 18.0 Å². The van der Waals surface area contributed by atoms with Gasteiger partial charge in [-0.1, -0.05) is 19.1 Å². The Morgan fingerprint density at radius 1 is 1.12 bits per heavy atom. The molecule has 0 aliphatic heterocycles. The van der Waals surface area contributed by atoms with Gasteiger partial charge < -0.3 is 5.32 Å². The van der Waals surface area contributed by atoms with Crippen molar-refractivity contribution in [1.29, 1.82) is 0 Å². The summed E-state index contributed by atoms with van der Waals surface area (Å²) in [7, 11) is 0. The number of alkyl halides is 2. The van der Waals surface area contributed by atoms with Crippen molar-refractivity contribution in [2.75, 3.05) is 6.54 Å². The fourth-order valence-electron chi connectivity index (χ4n) is 2.45. The van der Waals surface area contributed by atoms with Crippen LogP contribution in [-0.4, -0.2) is 22.4 Å². The third-order valence-electron chi connectivity index (χ3n) is 3.89. The highest BCUT2D eigenvalue weighted by molar-refractivity contribution is 5.79. The van der Waals surface area contributed by atoms with E-state index in [0.717, 1.165) is 24.3 Å². The quantitative estimate of drug-likeness (QED) is 0.869. The zero-order chi connectivity index (χ0) is 18.6. The summed E-state index contributed by atoms with van der Waals surface area (Å²) in [6, 6.07) is 3.94. The Morgan fingerprint density at radius 2 is 1.68 bits per heavy atom. The summed E-state index contributed by atoms with van der Waals surface area (Å²) in [5, 5.41) is 2.23. The number of amides is 1. The lowest BCUT2D eigenvalue weighted by Gasteiger charge is -2.18. The van der Waals surface area contributed by atoms with Gasteiger partial charge in [0.1, 0.15) is 11.6 Å². The molecular formula is C18H20F3N3O. The number of aryl methyl sites for hydroxylation is 3. The number of hydrogen-bond acceptors (Lipinski definition) is 3. The SMILES string of the molecule is CCc1nc(C)c(CC(=O)NCC(F)(F)c2ccc(F)cc2)c(C)n1. The molecule has 1 aromatic heterocycles. The van der Waals surface area contributed by atoms with Crippen LogP contribution in [0.15, 0.2) is 24.3 Å². The van der Waals surface area contributed by atoms with E-state index >= 15 is 0 Å². The van der Waals surface area contributed by atoms with E-state index in [-0.39, 0.29) is 12.0 Å². The molecule has 0 aliphatic carbocycles. The number of carbonyl (C=O) groups excluding carboxylic acids is 1. The number of nitrogens with one attached hydrogen (secondary N) is 1. The first kappa shape index (κ1) is 18.9. The van der Waals surface area contributed by atoms with Crippen molar-refractivity contribution in [3.8, 4) is 0 Å². The molecule has 1 aromatic carbocycles. The van der Waals surface area contributed by atoms with Crippen LogP contribution >= 0.6 is 0 Å². The maximum absolute atomic E-state index is 14.1. The number of aromatic nitrogens is 2. The molecule has 0 saturated heterocycles. The Balaban J connectivity index is 2.02. The van der Waals surface area contributed by atoms with E-state index < -0.39 is 24.2 Å². The van der Waals surface area contributed by atoms with Gasteiger partial charge in [-0.15, -0.1) is 0 Å². The Hall–Kier alpha value is -2.44. The number of nitrogens with zero attached hydrogens (tertiary/aromatic N) is 2. The number of halogens is 3. The summed E-state index contributed by atoms with van der Waals surface area (Å²) in [6.07, 6.45) is 0.610. The van der Waals surface area contributed by atoms with Crippen LogP contribution in [0.5, 0.6) is 0 Å². The first-order chi connectivity index (χ1) is 11.7. The van der Waals surface area contributed by atoms with Gasteiger partial charge in [0.05, 0.1) is 13.0 Å². The third kappa shape index (κ3) is 4.78. The van der Waals surface area contributed by atoms with Crippen molar-refractivity contribution >= 4 is 5.91 Å². The maximum Gasteiger partial charge on any atom is 0.290 e. The summed E-state index contributed by atoms with van der Waals surface area (Å²) in [6.45, 7) is 4.61. The van der Waals surface area contributed by atoms with Crippen molar-refractivity contribution in [3.63, 3.8) is 0 Å². The summed E-state index contributed by atoms with van der Waals surface area (Å²) in [4.78, 5) is 20.6. The topological polar surface area (TPSA) is 54.9 Å². The van der Waals surface area contributed by atoms with Gasteiger partial charge in [-0.25, -0.2) is 14.4 Å². The van der Waals surface area contributed by atoms with Crippen LogP contribution in [0.1, 0.15) is 35.3 Å². The summed E-state index contributed by atoms with van der Waals surface area (Å²) in [5.74, 6) is -3.73. The normalized spacial score (nSPS) is 11.4. The third-order valence-corrected chi connectivity index (χ3v) is 3.89. The number of benzene rings is 1. The lowest BCUT2D eigenvalue weighted by Crippen LogP contribution is -2.36. The van der Waals surface area contributed by atoms with Crippen molar-refractivity contribution in [3.05, 3.63) is 58.4 Å². The van der Waals surface area contributed by atoms with Crippen molar-refractivity contribution in [2.45, 2.75) is 39.5 Å². The molecule has 0 fully saturated rings. The number of rotatable bonds is 6. The molecule has 0 aliphatic rings. The van der Waals surface area contributed by atoms with E-state index in [4.69, 9.17) is 0 Å². The molecule has 0 bridgehead atoms. The molecule has 25 heavy (non-hydrogen) atoms. The van der Waals surface area contributed by atoms with E-state index in [9.17, 15) is 18.0 Å². The van der Waals surface area contributed by atoms with E-state index in [1.807, 2.05) is 6.92 Å². The molecule has 0 saturated carbocycles. The Bertz CT molecular complexity index is 738. The fraction of sp³-hybridized carbons (Fsp3) is 0.389. The number of carbonyl (C=O) groups is 1. The minimum absolute atomic E-state index is 0.0683. The molecular weight excluding hydrogens is 331 g/mol. The largest absolute Gasteiger partial charge is 0.349 e. The summed E-state index contributed by atoms with van der Waals surface area (Å²) < 4.78 is 41.0. The fourth-order valence-corrected chi connectivity index (χ4v) is 2.45. The van der Waals surface area contributed by atoms with Gasteiger partial charge in [0.25, 0.3) is 5.92 Å². The van der Waals surface area contributed by atoms with Crippen LogP contribution in [0.25, 0.3) is 0 Å². The number of hydrogen-bond donors (Lipinski definition) is 1. The van der Waals surface area contributed by atoms with Gasteiger partial charge in [-0.3, -0.25) is 4.79 Å². The predicted octanol–water partition coefficient (Wildman–Crippen LogP) is 3.25. The van der Waals surface area contributed by atoms with Crippen LogP contribution in [0.3, 0.4) is 0 Å². The molecule has 2 aromatic rings. The van der Waals surface area contributed by atoms with E-state index in [0.29, 0.717) is 29.2 Å². The Morgan fingerprint density at radius 3 is 2.20 bits per heavy atom. The first-order valence-corrected chi connectivity index (χ1v) is 7.96. The van der Waals surface area contributed by atoms with Crippen LogP contribution in [0.4, 0.5) is 13.2 Å². The average molecular weight is 351 g/mol. The maximum atomic E-state index is 14.1. The first-order valence-electron chi connectivity index (χ1n) is 7.96. The van der Waals surface area contributed by atoms with Crippen LogP contribution in [0.2, 0.25) is 0 Å². The Labute approximate surface area is 144 Å². The zero-order valence-corrected chi connectivity index (χ0v) is 14.4. The van der Waals surface area contributed by atoms with Gasteiger partial charge in [-0.05, 0) is 26.0 Å². The summed E-state index contributed by atoms with van der Waals surface area (Å²) >= 11 is 0. The molecule has 1 heterocycles. The highest BCUT2D eigenvalue weighted by Crippen LogP contribution is 2.27. The molecule has 0 unspecified atom stereocenters. The van der Waals surface area contributed by atoms with Crippen molar-refractivity contribution in [1.82, 2.24) is 15.3 Å². The molecule has 0 spiro atoms. The molecule has 1 amide bonds.